The van der Waals surface area contributed by atoms with Gasteiger partial charge >= 0.3 is 0 Å². The number of nitrogens with zero attached hydrogens (tertiary/aromatic N) is 4. The van der Waals surface area contributed by atoms with Gasteiger partial charge in [0.1, 0.15) is 12.3 Å². The van der Waals surface area contributed by atoms with Gasteiger partial charge in [-0.25, -0.2) is 0 Å². The van der Waals surface area contributed by atoms with Crippen LogP contribution in [0.4, 0.5) is 5.69 Å². The Kier molecular flexibility index (Phi) is 5.84. The van der Waals surface area contributed by atoms with Gasteiger partial charge in [0.15, 0.2) is 5.69 Å². The van der Waals surface area contributed by atoms with Crippen molar-refractivity contribution in [3.8, 4) is 0 Å². The number of carbonyl (C=O) groups is 2. The molecule has 3 heterocycles. The van der Waals surface area contributed by atoms with Gasteiger partial charge in [0.25, 0.3) is 5.91 Å². The second kappa shape index (κ2) is 8.30. The van der Waals surface area contributed by atoms with Gasteiger partial charge in [-0.05, 0) is 32.9 Å². The highest BCUT2D eigenvalue weighted by molar-refractivity contribution is 6.31. The number of rotatable bonds is 7. The lowest BCUT2D eigenvalue weighted by molar-refractivity contribution is -0.116. The van der Waals surface area contributed by atoms with Gasteiger partial charge in [-0.3, -0.25) is 19.0 Å². The number of furan rings is 1. The number of halogens is 1. The van der Waals surface area contributed by atoms with E-state index in [4.69, 9.17) is 16.0 Å². The summed E-state index contributed by atoms with van der Waals surface area (Å²) < 4.78 is 8.30. The molecule has 0 aromatic carbocycles. The molecule has 0 aliphatic rings. The lowest BCUT2D eigenvalue weighted by atomic mass is 10.3. The van der Waals surface area contributed by atoms with Gasteiger partial charge in [0.05, 0.1) is 34.9 Å². The van der Waals surface area contributed by atoms with Crippen LogP contribution in [-0.2, 0) is 24.4 Å². The van der Waals surface area contributed by atoms with Crippen molar-refractivity contribution >= 4 is 29.1 Å². The zero-order valence-electron chi connectivity index (χ0n) is 15.8. The normalized spacial score (nSPS) is 10.9. The van der Waals surface area contributed by atoms with Crippen LogP contribution in [0, 0.1) is 13.8 Å². The number of hydrogen-bond acceptors (Lipinski definition) is 5. The average Bonchev–Trinajstić information content (AvgIpc) is 3.38. The van der Waals surface area contributed by atoms with E-state index < -0.39 is 5.91 Å². The van der Waals surface area contributed by atoms with Crippen LogP contribution in [-0.4, -0.2) is 31.4 Å². The summed E-state index contributed by atoms with van der Waals surface area (Å²) in [5.74, 6) is -0.124. The number of aromatic nitrogens is 4. The van der Waals surface area contributed by atoms with E-state index in [0.29, 0.717) is 34.4 Å². The lowest BCUT2D eigenvalue weighted by Gasteiger charge is -2.07. The molecular formula is C18H21ClN6O3. The Morgan fingerprint density at radius 2 is 2.07 bits per heavy atom. The average molecular weight is 405 g/mol. The Labute approximate surface area is 166 Å². The van der Waals surface area contributed by atoms with Gasteiger partial charge in [0, 0.05) is 12.7 Å². The number of nitrogens with one attached hydrogen (secondary N) is 2. The van der Waals surface area contributed by atoms with Crippen molar-refractivity contribution in [2.45, 2.75) is 40.4 Å². The summed E-state index contributed by atoms with van der Waals surface area (Å²) in [6, 6.07) is 3.50. The second-order valence-electron chi connectivity index (χ2n) is 6.20. The van der Waals surface area contributed by atoms with Gasteiger partial charge < -0.3 is 15.1 Å². The number of amides is 2. The summed E-state index contributed by atoms with van der Waals surface area (Å²) in [5, 5.41) is 14.5. The van der Waals surface area contributed by atoms with E-state index in [1.807, 2.05) is 6.92 Å². The Bertz CT molecular complexity index is 990. The Hall–Kier alpha value is -3.07. The van der Waals surface area contributed by atoms with E-state index >= 15 is 0 Å². The molecular weight excluding hydrogens is 384 g/mol. The Morgan fingerprint density at radius 3 is 2.68 bits per heavy atom. The molecule has 0 saturated carbocycles. The summed E-state index contributed by atoms with van der Waals surface area (Å²) in [6.07, 6.45) is 3.15. The maximum absolute atomic E-state index is 12.5. The van der Waals surface area contributed by atoms with Crippen molar-refractivity contribution in [1.29, 1.82) is 0 Å². The number of carbonyl (C=O) groups excluding carboxylic acids is 2. The van der Waals surface area contributed by atoms with E-state index in [1.54, 1.807) is 36.9 Å². The first-order valence-electron chi connectivity index (χ1n) is 8.76. The fraction of sp³-hybridized carbons (Fsp3) is 0.333. The van der Waals surface area contributed by atoms with E-state index in [0.717, 1.165) is 0 Å². The number of anilines is 1. The molecule has 0 spiro atoms. The molecule has 0 bridgehead atoms. The predicted octanol–water partition coefficient (Wildman–Crippen LogP) is 2.53. The maximum atomic E-state index is 12.5. The monoisotopic (exact) mass is 404 g/mol. The highest BCUT2D eigenvalue weighted by atomic mass is 35.5. The molecule has 3 aromatic rings. The topological polar surface area (TPSA) is 107 Å². The fourth-order valence-corrected chi connectivity index (χ4v) is 2.80. The van der Waals surface area contributed by atoms with Crippen LogP contribution >= 0.6 is 11.6 Å². The van der Waals surface area contributed by atoms with E-state index in [1.165, 1.54) is 10.9 Å². The van der Waals surface area contributed by atoms with E-state index in [2.05, 4.69) is 20.8 Å². The van der Waals surface area contributed by atoms with Crippen LogP contribution in [0.2, 0.25) is 5.02 Å². The van der Waals surface area contributed by atoms with Crippen LogP contribution in [0.3, 0.4) is 0 Å². The number of aryl methyl sites for hydroxylation is 2. The summed E-state index contributed by atoms with van der Waals surface area (Å²) in [6.45, 7) is 6.21. The lowest BCUT2D eigenvalue weighted by Crippen LogP contribution is -2.26. The minimum Gasteiger partial charge on any atom is -0.467 e. The molecule has 9 nitrogen and oxygen atoms in total. The summed E-state index contributed by atoms with van der Waals surface area (Å²) in [4.78, 5) is 25.0. The molecule has 0 unspecified atom stereocenters. The van der Waals surface area contributed by atoms with E-state index in [-0.39, 0.29) is 24.7 Å². The molecule has 3 rings (SSSR count). The van der Waals surface area contributed by atoms with Gasteiger partial charge in [-0.15, -0.1) is 0 Å². The van der Waals surface area contributed by atoms with Crippen molar-refractivity contribution in [3.05, 3.63) is 52.5 Å². The minimum atomic E-state index is -0.409. The third-order valence-electron chi connectivity index (χ3n) is 4.16. The Morgan fingerprint density at radius 1 is 1.29 bits per heavy atom. The molecule has 0 aliphatic carbocycles. The van der Waals surface area contributed by atoms with Gasteiger partial charge in [-0.1, -0.05) is 11.6 Å². The molecule has 28 heavy (non-hydrogen) atoms. The molecule has 0 aliphatic heterocycles. The smallest absolute Gasteiger partial charge is 0.274 e. The molecule has 0 fully saturated rings. The molecule has 0 saturated heterocycles. The third kappa shape index (κ3) is 4.25. The molecule has 148 valence electrons. The quantitative estimate of drug-likeness (QED) is 0.629. The van der Waals surface area contributed by atoms with Crippen LogP contribution < -0.4 is 10.6 Å². The van der Waals surface area contributed by atoms with Crippen molar-refractivity contribution in [1.82, 2.24) is 24.9 Å². The number of hydrogen-bond donors (Lipinski definition) is 2. The zero-order chi connectivity index (χ0) is 20.3. The maximum Gasteiger partial charge on any atom is 0.274 e. The van der Waals surface area contributed by atoms with Crippen molar-refractivity contribution in [2.75, 3.05) is 5.32 Å². The standard InChI is InChI=1S/C18H21ClN6O3/c1-4-24-9-14(17(23-24)18(27)20-8-13-6-5-7-28-13)21-15(26)10-25-12(3)16(19)11(2)22-25/h5-7,9H,4,8,10H2,1-3H3,(H,20,27)(H,21,26). The first-order chi connectivity index (χ1) is 13.4. The van der Waals surface area contributed by atoms with Crippen LogP contribution in [0.1, 0.15) is 34.6 Å². The summed E-state index contributed by atoms with van der Waals surface area (Å²) in [5.41, 5.74) is 1.82. The summed E-state index contributed by atoms with van der Waals surface area (Å²) >= 11 is 6.12. The van der Waals surface area contributed by atoms with Crippen molar-refractivity contribution < 1.29 is 14.0 Å². The van der Waals surface area contributed by atoms with E-state index in [9.17, 15) is 9.59 Å². The SMILES string of the molecule is CCn1cc(NC(=O)Cn2nc(C)c(Cl)c2C)c(C(=O)NCc2ccco2)n1. The highest BCUT2D eigenvalue weighted by Crippen LogP contribution is 2.19. The molecule has 2 amide bonds. The van der Waals surface area contributed by atoms with Crippen LogP contribution in [0.15, 0.2) is 29.0 Å². The zero-order valence-corrected chi connectivity index (χ0v) is 16.6. The molecule has 10 heteroatoms. The highest BCUT2D eigenvalue weighted by Gasteiger charge is 2.20. The van der Waals surface area contributed by atoms with Crippen molar-refractivity contribution in [2.24, 2.45) is 0 Å². The molecule has 0 radical (unpaired) electrons. The Balaban J connectivity index is 1.71. The van der Waals surface area contributed by atoms with Gasteiger partial charge in [0.2, 0.25) is 5.91 Å². The first-order valence-corrected chi connectivity index (χ1v) is 9.14. The minimum absolute atomic E-state index is 0.0237. The molecule has 2 N–H and O–H groups in total. The fourth-order valence-electron chi connectivity index (χ4n) is 2.66. The molecule has 3 aromatic heterocycles. The van der Waals surface area contributed by atoms with Gasteiger partial charge in [-0.2, -0.15) is 10.2 Å². The first kappa shape index (κ1) is 19.7. The van der Waals surface area contributed by atoms with Crippen molar-refractivity contribution in [3.63, 3.8) is 0 Å². The summed E-state index contributed by atoms with van der Waals surface area (Å²) in [7, 11) is 0. The van der Waals surface area contributed by atoms with Crippen LogP contribution in [0.5, 0.6) is 0 Å². The third-order valence-corrected chi connectivity index (χ3v) is 4.71. The molecule has 0 atom stereocenters. The predicted molar refractivity (Wildman–Crippen MR) is 103 cm³/mol. The second-order valence-corrected chi connectivity index (χ2v) is 6.58. The largest absolute Gasteiger partial charge is 0.467 e. The van der Waals surface area contributed by atoms with Crippen LogP contribution in [0.25, 0.3) is 0 Å².